The van der Waals surface area contributed by atoms with E-state index in [2.05, 4.69) is 34.5 Å². The van der Waals surface area contributed by atoms with Gasteiger partial charge in [0.2, 0.25) is 5.91 Å². The number of benzene rings is 1. The third kappa shape index (κ3) is 3.55. The van der Waals surface area contributed by atoms with Gasteiger partial charge in [0, 0.05) is 19.5 Å². The van der Waals surface area contributed by atoms with Gasteiger partial charge in [-0.1, -0.05) is 30.3 Å². The number of hydrogen-bond donors (Lipinski definition) is 2. The number of piperidine rings is 1. The van der Waals surface area contributed by atoms with Crippen LogP contribution in [0.1, 0.15) is 31.2 Å². The quantitative estimate of drug-likeness (QED) is 0.867. The molecule has 2 saturated heterocycles. The molecule has 5 nitrogen and oxygen atoms in total. The van der Waals surface area contributed by atoms with Crippen LogP contribution in [0.4, 0.5) is 0 Å². The maximum Gasteiger partial charge on any atom is 0.309 e. The number of likely N-dealkylation sites (tertiary alicyclic amines) is 1. The summed E-state index contributed by atoms with van der Waals surface area (Å²) in [7, 11) is 0. The standard InChI is InChI=1S/C18H24N2O3/c21-16-13-15(17(22)23)18(19-16)8-11-20(12-9-18)10-4-7-14-5-2-1-3-6-14/h1-3,5-6,15H,4,7-13H2,(H,19,21)(H,22,23). The summed E-state index contributed by atoms with van der Waals surface area (Å²) in [4.78, 5) is 25.5. The fourth-order valence-corrected chi connectivity index (χ4v) is 3.92. The molecule has 0 saturated carbocycles. The molecule has 0 aliphatic carbocycles. The Labute approximate surface area is 136 Å². The fourth-order valence-electron chi connectivity index (χ4n) is 3.92. The first-order valence-electron chi connectivity index (χ1n) is 8.39. The first kappa shape index (κ1) is 16.0. The number of carbonyl (C=O) groups is 2. The number of carboxylic acids is 1. The topological polar surface area (TPSA) is 69.6 Å². The molecule has 1 atom stereocenters. The molecule has 2 N–H and O–H groups in total. The number of amides is 1. The lowest BCUT2D eigenvalue weighted by Gasteiger charge is -2.41. The summed E-state index contributed by atoms with van der Waals surface area (Å²) in [6.45, 7) is 2.74. The summed E-state index contributed by atoms with van der Waals surface area (Å²) >= 11 is 0. The molecule has 124 valence electrons. The summed E-state index contributed by atoms with van der Waals surface area (Å²) in [5, 5.41) is 12.3. The van der Waals surface area contributed by atoms with Gasteiger partial charge in [0.25, 0.3) is 0 Å². The monoisotopic (exact) mass is 316 g/mol. The molecule has 1 aromatic carbocycles. The van der Waals surface area contributed by atoms with E-state index in [-0.39, 0.29) is 12.3 Å². The average Bonchev–Trinajstić information content (AvgIpc) is 2.87. The summed E-state index contributed by atoms with van der Waals surface area (Å²) < 4.78 is 0. The molecule has 1 spiro atoms. The van der Waals surface area contributed by atoms with E-state index in [1.54, 1.807) is 0 Å². The number of nitrogens with zero attached hydrogens (tertiary/aromatic N) is 1. The second-order valence-electron chi connectivity index (χ2n) is 6.73. The van der Waals surface area contributed by atoms with Crippen LogP contribution in [0.3, 0.4) is 0 Å². The highest BCUT2D eigenvalue weighted by Crippen LogP contribution is 2.36. The molecular weight excluding hydrogens is 292 g/mol. The van der Waals surface area contributed by atoms with Crippen LogP contribution < -0.4 is 5.32 Å². The molecule has 1 amide bonds. The second-order valence-corrected chi connectivity index (χ2v) is 6.73. The molecule has 23 heavy (non-hydrogen) atoms. The number of carboxylic acid groups (broad SMARTS) is 1. The van der Waals surface area contributed by atoms with Gasteiger partial charge in [-0.05, 0) is 37.8 Å². The van der Waals surface area contributed by atoms with Crippen LogP contribution in [0.25, 0.3) is 0 Å². The Morgan fingerprint density at radius 3 is 2.61 bits per heavy atom. The highest BCUT2D eigenvalue weighted by molar-refractivity contribution is 5.88. The first-order valence-corrected chi connectivity index (χ1v) is 8.39. The van der Waals surface area contributed by atoms with Gasteiger partial charge < -0.3 is 15.3 Å². The van der Waals surface area contributed by atoms with Crippen LogP contribution in [-0.2, 0) is 16.0 Å². The van der Waals surface area contributed by atoms with Crippen molar-refractivity contribution in [1.82, 2.24) is 10.2 Å². The van der Waals surface area contributed by atoms with Gasteiger partial charge >= 0.3 is 5.97 Å². The predicted molar refractivity (Wildman–Crippen MR) is 87.1 cm³/mol. The summed E-state index contributed by atoms with van der Waals surface area (Å²) in [5.74, 6) is -1.53. The van der Waals surface area contributed by atoms with Crippen LogP contribution in [0, 0.1) is 5.92 Å². The maximum atomic E-state index is 11.7. The van der Waals surface area contributed by atoms with Gasteiger partial charge in [0.1, 0.15) is 0 Å². The van der Waals surface area contributed by atoms with E-state index in [0.29, 0.717) is 0 Å². The second kappa shape index (κ2) is 6.71. The van der Waals surface area contributed by atoms with Crippen LogP contribution in [0.5, 0.6) is 0 Å². The van der Waals surface area contributed by atoms with E-state index in [1.165, 1.54) is 5.56 Å². The van der Waals surface area contributed by atoms with Gasteiger partial charge in [-0.2, -0.15) is 0 Å². The lowest BCUT2D eigenvalue weighted by atomic mass is 9.77. The largest absolute Gasteiger partial charge is 0.481 e. The zero-order valence-corrected chi connectivity index (χ0v) is 13.3. The number of aliphatic carboxylic acids is 1. The summed E-state index contributed by atoms with van der Waals surface area (Å²) in [6.07, 6.45) is 3.77. The molecule has 0 radical (unpaired) electrons. The van der Waals surface area contributed by atoms with E-state index in [0.717, 1.165) is 45.3 Å². The Morgan fingerprint density at radius 1 is 1.26 bits per heavy atom. The minimum Gasteiger partial charge on any atom is -0.481 e. The zero-order chi connectivity index (χ0) is 16.3. The third-order valence-electron chi connectivity index (χ3n) is 5.27. The van der Waals surface area contributed by atoms with E-state index < -0.39 is 17.4 Å². The van der Waals surface area contributed by atoms with Gasteiger partial charge in [-0.25, -0.2) is 0 Å². The van der Waals surface area contributed by atoms with E-state index in [4.69, 9.17) is 0 Å². The molecule has 3 rings (SSSR count). The summed E-state index contributed by atoms with van der Waals surface area (Å²) in [5.41, 5.74) is 0.841. The van der Waals surface area contributed by atoms with Crippen molar-refractivity contribution in [3.8, 4) is 0 Å². The van der Waals surface area contributed by atoms with Gasteiger partial charge in [-0.15, -0.1) is 0 Å². The molecule has 1 aromatic rings. The molecule has 0 aromatic heterocycles. The van der Waals surface area contributed by atoms with Crippen LogP contribution >= 0.6 is 0 Å². The minimum absolute atomic E-state index is 0.116. The smallest absolute Gasteiger partial charge is 0.309 e. The molecule has 0 bridgehead atoms. The minimum atomic E-state index is -0.846. The molecule has 2 aliphatic rings. The molecule has 2 fully saturated rings. The van der Waals surface area contributed by atoms with Gasteiger partial charge in [0.05, 0.1) is 11.5 Å². The van der Waals surface area contributed by atoms with Crippen molar-refractivity contribution in [2.45, 2.75) is 37.6 Å². The van der Waals surface area contributed by atoms with Crippen molar-refractivity contribution in [3.05, 3.63) is 35.9 Å². The molecule has 2 aliphatic heterocycles. The highest BCUT2D eigenvalue weighted by atomic mass is 16.4. The highest BCUT2D eigenvalue weighted by Gasteiger charge is 2.51. The Bertz CT molecular complexity index is 565. The Hall–Kier alpha value is -1.88. The molecule has 2 heterocycles. The normalized spacial score (nSPS) is 23.8. The van der Waals surface area contributed by atoms with E-state index in [1.807, 2.05) is 6.07 Å². The van der Waals surface area contributed by atoms with Crippen molar-refractivity contribution in [3.63, 3.8) is 0 Å². The van der Waals surface area contributed by atoms with Crippen molar-refractivity contribution in [1.29, 1.82) is 0 Å². The zero-order valence-electron chi connectivity index (χ0n) is 13.3. The molecular formula is C18H24N2O3. The van der Waals surface area contributed by atoms with Crippen molar-refractivity contribution in [2.75, 3.05) is 19.6 Å². The van der Waals surface area contributed by atoms with E-state index >= 15 is 0 Å². The summed E-state index contributed by atoms with van der Waals surface area (Å²) in [6, 6.07) is 10.5. The van der Waals surface area contributed by atoms with Gasteiger partial charge in [-0.3, -0.25) is 9.59 Å². The molecule has 5 heteroatoms. The number of rotatable bonds is 5. The predicted octanol–water partition coefficient (Wildman–Crippen LogP) is 1.67. The number of carbonyl (C=O) groups excluding carboxylic acids is 1. The third-order valence-corrected chi connectivity index (χ3v) is 5.27. The van der Waals surface area contributed by atoms with Crippen molar-refractivity contribution >= 4 is 11.9 Å². The van der Waals surface area contributed by atoms with Crippen LogP contribution in [0.15, 0.2) is 30.3 Å². The van der Waals surface area contributed by atoms with Crippen LogP contribution in [-0.4, -0.2) is 47.1 Å². The maximum absolute atomic E-state index is 11.7. The van der Waals surface area contributed by atoms with Gasteiger partial charge in [0.15, 0.2) is 0 Å². The SMILES string of the molecule is O=C1CC(C(=O)O)C2(CCN(CCCc3ccccc3)CC2)N1. The Balaban J connectivity index is 1.48. The number of hydrogen-bond acceptors (Lipinski definition) is 3. The number of nitrogens with one attached hydrogen (secondary N) is 1. The lowest BCUT2D eigenvalue weighted by molar-refractivity contribution is -0.144. The van der Waals surface area contributed by atoms with Crippen LogP contribution in [0.2, 0.25) is 0 Å². The van der Waals surface area contributed by atoms with E-state index in [9.17, 15) is 14.7 Å². The Kier molecular flexibility index (Phi) is 4.66. The first-order chi connectivity index (χ1) is 11.1. The lowest BCUT2D eigenvalue weighted by Crippen LogP contribution is -2.55. The average molecular weight is 316 g/mol. The fraction of sp³-hybridized carbons (Fsp3) is 0.556. The number of aryl methyl sites for hydroxylation is 1. The molecule has 1 unspecified atom stereocenters. The van der Waals surface area contributed by atoms with Crippen molar-refractivity contribution < 1.29 is 14.7 Å². The van der Waals surface area contributed by atoms with Crippen molar-refractivity contribution in [2.24, 2.45) is 5.92 Å². The Morgan fingerprint density at radius 2 is 1.96 bits per heavy atom.